The highest BCUT2D eigenvalue weighted by atomic mass is 16.7. The van der Waals surface area contributed by atoms with E-state index in [4.69, 9.17) is 9.47 Å². The second kappa shape index (κ2) is 8.72. The molecule has 9 nitrogen and oxygen atoms in total. The van der Waals surface area contributed by atoms with E-state index >= 15 is 0 Å². The van der Waals surface area contributed by atoms with Crippen molar-refractivity contribution in [3.8, 4) is 11.5 Å². The number of carbonyl (C=O) groups excluding carboxylic acids is 3. The van der Waals surface area contributed by atoms with E-state index in [2.05, 4.69) is 16.0 Å². The van der Waals surface area contributed by atoms with Crippen LogP contribution in [0.25, 0.3) is 0 Å². The van der Waals surface area contributed by atoms with E-state index in [9.17, 15) is 14.4 Å². The third-order valence-corrected chi connectivity index (χ3v) is 4.69. The summed E-state index contributed by atoms with van der Waals surface area (Å²) >= 11 is 0. The van der Waals surface area contributed by atoms with Gasteiger partial charge in [-0.15, -0.1) is 0 Å². The van der Waals surface area contributed by atoms with E-state index in [1.807, 2.05) is 4.90 Å². The summed E-state index contributed by atoms with van der Waals surface area (Å²) in [6.45, 7) is 1.72. The number of piperidine rings is 1. The summed E-state index contributed by atoms with van der Waals surface area (Å²) in [5.41, 5.74) is 0.681. The minimum absolute atomic E-state index is 0.0241. The number of hydrogen-bond acceptors (Lipinski definition) is 6. The third-order valence-electron chi connectivity index (χ3n) is 4.69. The van der Waals surface area contributed by atoms with Crippen molar-refractivity contribution in [3.63, 3.8) is 0 Å². The van der Waals surface area contributed by atoms with Crippen LogP contribution >= 0.6 is 0 Å². The molecule has 27 heavy (non-hydrogen) atoms. The zero-order valence-electron chi connectivity index (χ0n) is 15.2. The summed E-state index contributed by atoms with van der Waals surface area (Å²) in [5, 5.41) is 7.94. The van der Waals surface area contributed by atoms with Crippen LogP contribution in [0.15, 0.2) is 18.2 Å². The van der Waals surface area contributed by atoms with Crippen LogP contribution in [0.3, 0.4) is 0 Å². The minimum Gasteiger partial charge on any atom is -0.454 e. The number of likely N-dealkylation sites (tertiary alicyclic amines) is 1. The Morgan fingerprint density at radius 3 is 2.59 bits per heavy atom. The summed E-state index contributed by atoms with van der Waals surface area (Å²) in [6.07, 6.45) is 1.36. The van der Waals surface area contributed by atoms with Crippen LogP contribution in [-0.2, 0) is 14.4 Å². The molecule has 0 bridgehead atoms. The van der Waals surface area contributed by atoms with Crippen LogP contribution in [0.5, 0.6) is 11.5 Å². The molecule has 0 saturated carbocycles. The number of benzene rings is 1. The molecule has 1 aromatic carbocycles. The minimum atomic E-state index is -0.234. The van der Waals surface area contributed by atoms with Crippen LogP contribution in [0.2, 0.25) is 0 Å². The average Bonchev–Trinajstić information content (AvgIpc) is 3.14. The number of fused-ring (bicyclic) bond motifs is 1. The van der Waals surface area contributed by atoms with Crippen LogP contribution in [-0.4, -0.2) is 62.6 Å². The molecule has 0 aliphatic carbocycles. The Morgan fingerprint density at radius 1 is 1.11 bits per heavy atom. The first-order chi connectivity index (χ1) is 13.0. The summed E-state index contributed by atoms with van der Waals surface area (Å²) in [7, 11) is 1.52. The first-order valence-corrected chi connectivity index (χ1v) is 8.95. The molecule has 146 valence electrons. The lowest BCUT2D eigenvalue weighted by molar-refractivity contribution is -0.127. The normalized spacial score (nSPS) is 16.6. The number of rotatable bonds is 6. The smallest absolute Gasteiger partial charge is 0.239 e. The number of ether oxygens (including phenoxy) is 2. The fourth-order valence-electron chi connectivity index (χ4n) is 3.10. The highest BCUT2D eigenvalue weighted by molar-refractivity contribution is 5.93. The fraction of sp³-hybridized carbons (Fsp3) is 0.500. The maximum absolute atomic E-state index is 12.5. The van der Waals surface area contributed by atoms with Gasteiger partial charge in [0, 0.05) is 24.7 Å². The largest absolute Gasteiger partial charge is 0.454 e. The molecule has 0 radical (unpaired) electrons. The van der Waals surface area contributed by atoms with Gasteiger partial charge in [-0.2, -0.15) is 0 Å². The predicted octanol–water partition coefficient (Wildman–Crippen LogP) is -0.0720. The van der Waals surface area contributed by atoms with Gasteiger partial charge in [0.2, 0.25) is 24.5 Å². The number of amides is 3. The summed E-state index contributed by atoms with van der Waals surface area (Å²) < 4.78 is 10.6. The fourth-order valence-corrected chi connectivity index (χ4v) is 3.10. The highest BCUT2D eigenvalue weighted by Gasteiger charge is 2.26. The van der Waals surface area contributed by atoms with E-state index in [0.29, 0.717) is 43.1 Å². The average molecular weight is 376 g/mol. The number of carbonyl (C=O) groups is 3. The molecule has 9 heteroatoms. The Morgan fingerprint density at radius 2 is 1.85 bits per heavy atom. The lowest BCUT2D eigenvalue weighted by Gasteiger charge is -2.30. The van der Waals surface area contributed by atoms with E-state index in [1.54, 1.807) is 18.2 Å². The molecular weight excluding hydrogens is 352 g/mol. The van der Waals surface area contributed by atoms with Gasteiger partial charge in [-0.25, -0.2) is 0 Å². The maximum atomic E-state index is 12.5. The number of anilines is 1. The molecule has 3 rings (SSSR count). The molecule has 1 aromatic rings. The molecule has 0 aromatic heterocycles. The summed E-state index contributed by atoms with van der Waals surface area (Å²) in [4.78, 5) is 37.5. The molecule has 0 spiro atoms. The molecule has 3 N–H and O–H groups in total. The summed E-state index contributed by atoms with van der Waals surface area (Å²) in [6, 6.07) is 5.32. The molecule has 0 unspecified atom stereocenters. The van der Waals surface area contributed by atoms with Crippen LogP contribution in [0.1, 0.15) is 12.8 Å². The molecule has 2 aliphatic heterocycles. The first-order valence-electron chi connectivity index (χ1n) is 8.95. The molecule has 2 heterocycles. The van der Waals surface area contributed by atoms with E-state index in [0.717, 1.165) is 0 Å². The first kappa shape index (κ1) is 19.0. The van der Waals surface area contributed by atoms with Gasteiger partial charge < -0.3 is 25.4 Å². The molecular formula is C18H24N4O5. The zero-order valence-corrected chi connectivity index (χ0v) is 15.2. The quantitative estimate of drug-likeness (QED) is 0.641. The van der Waals surface area contributed by atoms with Gasteiger partial charge in [-0.1, -0.05) is 0 Å². The third kappa shape index (κ3) is 5.10. The van der Waals surface area contributed by atoms with Crippen LogP contribution in [0.4, 0.5) is 5.69 Å². The Hall–Kier alpha value is -2.81. The number of nitrogens with one attached hydrogen (secondary N) is 3. The number of nitrogens with zero attached hydrogens (tertiary/aromatic N) is 1. The standard InChI is InChI=1S/C18H24N4O5/c1-19-16(23)9-20-17(24)10-22-6-4-12(5-7-22)18(25)21-13-2-3-14-15(8-13)27-11-26-14/h2-3,8,12H,4-7,9-11H2,1H3,(H,19,23)(H,20,24)(H,21,25). The lowest BCUT2D eigenvalue weighted by Crippen LogP contribution is -2.45. The van der Waals surface area contributed by atoms with Gasteiger partial charge in [0.1, 0.15) is 0 Å². The molecule has 1 fully saturated rings. The van der Waals surface area contributed by atoms with Gasteiger partial charge in [0.15, 0.2) is 11.5 Å². The van der Waals surface area contributed by atoms with Crippen molar-refractivity contribution in [1.82, 2.24) is 15.5 Å². The highest BCUT2D eigenvalue weighted by Crippen LogP contribution is 2.34. The monoisotopic (exact) mass is 376 g/mol. The van der Waals surface area contributed by atoms with Crippen molar-refractivity contribution in [2.45, 2.75) is 12.8 Å². The molecule has 0 atom stereocenters. The maximum Gasteiger partial charge on any atom is 0.239 e. The SMILES string of the molecule is CNC(=O)CNC(=O)CN1CCC(C(=O)Nc2ccc3c(c2)OCO3)CC1. The number of likely N-dealkylation sites (N-methyl/N-ethyl adjacent to an activating group) is 1. The van der Waals surface area contributed by atoms with Crippen molar-refractivity contribution >= 4 is 23.4 Å². The second-order valence-corrected chi connectivity index (χ2v) is 6.56. The van der Waals surface area contributed by atoms with Gasteiger partial charge >= 0.3 is 0 Å². The number of hydrogen-bond donors (Lipinski definition) is 3. The zero-order chi connectivity index (χ0) is 19.2. The lowest BCUT2D eigenvalue weighted by atomic mass is 9.96. The van der Waals surface area contributed by atoms with E-state index < -0.39 is 0 Å². The van der Waals surface area contributed by atoms with Gasteiger partial charge in [-0.3, -0.25) is 19.3 Å². The topological polar surface area (TPSA) is 109 Å². The van der Waals surface area contributed by atoms with E-state index in [1.165, 1.54) is 7.05 Å². The van der Waals surface area contributed by atoms with E-state index in [-0.39, 0.29) is 43.5 Å². The summed E-state index contributed by atoms with van der Waals surface area (Å²) in [5.74, 6) is 0.753. The second-order valence-electron chi connectivity index (χ2n) is 6.56. The van der Waals surface area contributed by atoms with Crippen molar-refractivity contribution < 1.29 is 23.9 Å². The van der Waals surface area contributed by atoms with Gasteiger partial charge in [0.25, 0.3) is 0 Å². The Kier molecular flexibility index (Phi) is 6.12. The van der Waals surface area contributed by atoms with Crippen molar-refractivity contribution in [1.29, 1.82) is 0 Å². The van der Waals surface area contributed by atoms with Gasteiger partial charge in [-0.05, 0) is 38.1 Å². The molecule has 2 aliphatic rings. The van der Waals surface area contributed by atoms with Crippen LogP contribution in [0, 0.1) is 5.92 Å². The van der Waals surface area contributed by atoms with Crippen LogP contribution < -0.4 is 25.4 Å². The molecule has 1 saturated heterocycles. The van der Waals surface area contributed by atoms with Gasteiger partial charge in [0.05, 0.1) is 13.1 Å². The van der Waals surface area contributed by atoms with Crippen molar-refractivity contribution in [2.24, 2.45) is 5.92 Å². The predicted molar refractivity (Wildman–Crippen MR) is 97.4 cm³/mol. The Labute approximate surface area is 157 Å². The Balaban J connectivity index is 1.41. The van der Waals surface area contributed by atoms with Crippen molar-refractivity contribution in [3.05, 3.63) is 18.2 Å². The van der Waals surface area contributed by atoms with Crippen molar-refractivity contribution in [2.75, 3.05) is 45.3 Å². The molecule has 3 amide bonds. The Bertz CT molecular complexity index is 716.